The van der Waals surface area contributed by atoms with E-state index in [1.807, 2.05) is 0 Å². The number of hydrogen-bond donors (Lipinski definition) is 0. The highest BCUT2D eigenvalue weighted by Gasteiger charge is 2.31. The summed E-state index contributed by atoms with van der Waals surface area (Å²) in [6, 6.07) is 0. The van der Waals surface area contributed by atoms with Crippen LogP contribution >= 0.6 is 0 Å². The monoisotopic (exact) mass is 154 g/mol. The molecule has 0 N–H and O–H groups in total. The Kier molecular flexibility index (Phi) is 2.98. The van der Waals surface area contributed by atoms with E-state index >= 15 is 0 Å². The first-order valence-corrected chi connectivity index (χ1v) is 5.19. The molecule has 0 heterocycles. The van der Waals surface area contributed by atoms with Gasteiger partial charge in [-0.3, -0.25) is 0 Å². The second-order valence-corrected chi connectivity index (χ2v) is 4.52. The first-order valence-electron chi connectivity index (χ1n) is 5.19. The zero-order valence-electron chi connectivity index (χ0n) is 8.32. The summed E-state index contributed by atoms with van der Waals surface area (Å²) < 4.78 is 0. The molecule has 0 aliphatic heterocycles. The Morgan fingerprint density at radius 3 is 2.18 bits per heavy atom. The van der Waals surface area contributed by atoms with Crippen molar-refractivity contribution in [2.24, 2.45) is 11.3 Å². The molecule has 0 bridgehead atoms. The fourth-order valence-electron chi connectivity index (χ4n) is 2.35. The molecule has 0 aromatic carbocycles. The molecule has 0 spiro atoms. The van der Waals surface area contributed by atoms with Crippen LogP contribution in [0.5, 0.6) is 0 Å². The average Bonchev–Trinajstić information content (AvgIpc) is 2.04. The lowest BCUT2D eigenvalue weighted by Crippen LogP contribution is -2.27. The maximum atomic E-state index is 2.49. The van der Waals surface area contributed by atoms with Crippen LogP contribution in [0.3, 0.4) is 0 Å². The molecule has 11 heavy (non-hydrogen) atoms. The molecule has 1 rings (SSSR count). The normalized spacial score (nSPS) is 26.5. The molecule has 66 valence electrons. The molecular weight excluding hydrogens is 132 g/mol. The predicted molar refractivity (Wildman–Crippen MR) is 50.6 cm³/mol. The van der Waals surface area contributed by atoms with E-state index in [0.29, 0.717) is 5.41 Å². The van der Waals surface area contributed by atoms with Gasteiger partial charge in [-0.05, 0) is 24.2 Å². The van der Waals surface area contributed by atoms with Crippen molar-refractivity contribution < 1.29 is 0 Å². The van der Waals surface area contributed by atoms with Crippen LogP contribution in [0.4, 0.5) is 0 Å². The molecule has 0 radical (unpaired) electrons. The largest absolute Gasteiger partial charge is 0.0651 e. The quantitative estimate of drug-likeness (QED) is 0.564. The van der Waals surface area contributed by atoms with Gasteiger partial charge in [-0.25, -0.2) is 0 Å². The molecule has 1 aliphatic carbocycles. The lowest BCUT2D eigenvalue weighted by atomic mass is 9.67. The van der Waals surface area contributed by atoms with Crippen molar-refractivity contribution in [3.05, 3.63) is 0 Å². The average molecular weight is 154 g/mol. The van der Waals surface area contributed by atoms with Crippen LogP contribution in [-0.2, 0) is 0 Å². The van der Waals surface area contributed by atoms with Gasteiger partial charge in [0, 0.05) is 0 Å². The Balaban J connectivity index is 2.49. The minimum Gasteiger partial charge on any atom is -0.0651 e. The first kappa shape index (κ1) is 9.09. The third kappa shape index (κ3) is 1.98. The Hall–Kier alpha value is 0. The van der Waals surface area contributed by atoms with Crippen molar-refractivity contribution in [1.82, 2.24) is 0 Å². The topological polar surface area (TPSA) is 0 Å². The number of rotatable bonds is 2. The molecule has 0 saturated heterocycles. The van der Waals surface area contributed by atoms with Gasteiger partial charge < -0.3 is 0 Å². The molecule has 1 atom stereocenters. The summed E-state index contributed by atoms with van der Waals surface area (Å²) >= 11 is 0. The zero-order chi connectivity index (χ0) is 8.32. The fraction of sp³-hybridized carbons (Fsp3) is 1.00. The summed E-state index contributed by atoms with van der Waals surface area (Å²) in [7, 11) is 0. The fourth-order valence-corrected chi connectivity index (χ4v) is 2.35. The van der Waals surface area contributed by atoms with E-state index < -0.39 is 0 Å². The van der Waals surface area contributed by atoms with Crippen molar-refractivity contribution in [3.8, 4) is 0 Å². The summed E-state index contributed by atoms with van der Waals surface area (Å²) in [4.78, 5) is 0. The van der Waals surface area contributed by atoms with Gasteiger partial charge in [-0.1, -0.05) is 46.5 Å². The third-order valence-corrected chi connectivity index (χ3v) is 3.80. The van der Waals surface area contributed by atoms with Gasteiger partial charge in [-0.15, -0.1) is 0 Å². The molecular formula is C11H22. The Bertz CT molecular complexity index is 109. The lowest BCUT2D eigenvalue weighted by Gasteiger charge is -2.38. The summed E-state index contributed by atoms with van der Waals surface area (Å²) in [5, 5.41) is 0. The standard InChI is InChI=1S/C11H22/c1-4-10(2)11(3)8-6-5-7-9-11/h10H,4-9H2,1-3H3. The molecule has 0 aromatic heterocycles. The summed E-state index contributed by atoms with van der Waals surface area (Å²) in [5.74, 6) is 0.933. The van der Waals surface area contributed by atoms with E-state index in [-0.39, 0.29) is 0 Å². The van der Waals surface area contributed by atoms with Gasteiger partial charge in [0.2, 0.25) is 0 Å². The Morgan fingerprint density at radius 1 is 1.18 bits per heavy atom. The molecule has 0 amide bonds. The van der Waals surface area contributed by atoms with Crippen LogP contribution in [0.15, 0.2) is 0 Å². The SMILES string of the molecule is CCC(C)C1(C)CCCCC1. The van der Waals surface area contributed by atoms with Crippen LogP contribution in [0.1, 0.15) is 59.3 Å². The van der Waals surface area contributed by atoms with Crippen LogP contribution in [-0.4, -0.2) is 0 Å². The summed E-state index contributed by atoms with van der Waals surface area (Å²) in [6.45, 7) is 7.23. The highest BCUT2D eigenvalue weighted by Crippen LogP contribution is 2.43. The molecule has 1 fully saturated rings. The third-order valence-electron chi connectivity index (χ3n) is 3.80. The van der Waals surface area contributed by atoms with E-state index in [0.717, 1.165) is 5.92 Å². The van der Waals surface area contributed by atoms with E-state index in [1.54, 1.807) is 0 Å². The predicted octanol–water partition coefficient (Wildman–Crippen LogP) is 4.00. The molecule has 0 nitrogen and oxygen atoms in total. The van der Waals surface area contributed by atoms with Gasteiger partial charge in [0.15, 0.2) is 0 Å². The Morgan fingerprint density at radius 2 is 1.73 bits per heavy atom. The van der Waals surface area contributed by atoms with Gasteiger partial charge in [0.05, 0.1) is 0 Å². The maximum Gasteiger partial charge on any atom is -0.0300 e. The van der Waals surface area contributed by atoms with Crippen LogP contribution < -0.4 is 0 Å². The Labute approximate surface area is 71.4 Å². The van der Waals surface area contributed by atoms with Crippen LogP contribution in [0, 0.1) is 11.3 Å². The highest BCUT2D eigenvalue weighted by molar-refractivity contribution is 4.82. The van der Waals surface area contributed by atoms with Crippen molar-refractivity contribution >= 4 is 0 Å². The number of hydrogen-bond acceptors (Lipinski definition) is 0. The molecule has 1 saturated carbocycles. The van der Waals surface area contributed by atoms with Crippen molar-refractivity contribution in [1.29, 1.82) is 0 Å². The van der Waals surface area contributed by atoms with Gasteiger partial charge in [0.1, 0.15) is 0 Å². The van der Waals surface area contributed by atoms with Gasteiger partial charge >= 0.3 is 0 Å². The summed E-state index contributed by atoms with van der Waals surface area (Å²) in [5.41, 5.74) is 0.688. The van der Waals surface area contributed by atoms with Gasteiger partial charge in [0.25, 0.3) is 0 Å². The van der Waals surface area contributed by atoms with Crippen LogP contribution in [0.2, 0.25) is 0 Å². The second-order valence-electron chi connectivity index (χ2n) is 4.52. The second kappa shape index (κ2) is 3.60. The first-order chi connectivity index (χ1) is 5.19. The lowest BCUT2D eigenvalue weighted by molar-refractivity contribution is 0.127. The summed E-state index contributed by atoms with van der Waals surface area (Å²) in [6.07, 6.45) is 8.73. The van der Waals surface area contributed by atoms with Crippen molar-refractivity contribution in [2.45, 2.75) is 59.3 Å². The van der Waals surface area contributed by atoms with E-state index in [9.17, 15) is 0 Å². The van der Waals surface area contributed by atoms with Crippen LogP contribution in [0.25, 0.3) is 0 Å². The molecule has 0 heteroatoms. The van der Waals surface area contributed by atoms with E-state index in [2.05, 4.69) is 20.8 Å². The minimum absolute atomic E-state index is 0.688. The van der Waals surface area contributed by atoms with Crippen molar-refractivity contribution in [3.63, 3.8) is 0 Å². The molecule has 0 aromatic rings. The van der Waals surface area contributed by atoms with E-state index in [4.69, 9.17) is 0 Å². The smallest absolute Gasteiger partial charge is 0.0300 e. The van der Waals surface area contributed by atoms with Crippen molar-refractivity contribution in [2.75, 3.05) is 0 Å². The zero-order valence-corrected chi connectivity index (χ0v) is 8.32. The highest BCUT2D eigenvalue weighted by atomic mass is 14.4. The van der Waals surface area contributed by atoms with E-state index in [1.165, 1.54) is 38.5 Å². The molecule has 1 aliphatic rings. The molecule has 1 unspecified atom stereocenters. The van der Waals surface area contributed by atoms with Gasteiger partial charge in [-0.2, -0.15) is 0 Å². The maximum absolute atomic E-state index is 2.49. The minimum atomic E-state index is 0.688.